The third kappa shape index (κ3) is 3.81. The largest absolute Gasteiger partial charge is 0.441 e. The summed E-state index contributed by atoms with van der Waals surface area (Å²) >= 11 is 0. The molecule has 0 aliphatic carbocycles. The number of benzene rings is 1. The summed E-state index contributed by atoms with van der Waals surface area (Å²) < 4.78 is 5.42. The lowest BCUT2D eigenvalue weighted by atomic mass is 10.1. The van der Waals surface area contributed by atoms with Gasteiger partial charge >= 0.3 is 0 Å². The zero-order valence-corrected chi connectivity index (χ0v) is 11.5. The highest BCUT2D eigenvalue weighted by molar-refractivity contribution is 5.81. The molecule has 0 saturated carbocycles. The summed E-state index contributed by atoms with van der Waals surface area (Å²) in [5.41, 5.74) is 2.34. The first-order chi connectivity index (χ1) is 9.54. The number of aromatic nitrogens is 1. The van der Waals surface area contributed by atoms with Crippen LogP contribution < -0.4 is 10.6 Å². The zero-order chi connectivity index (χ0) is 14.5. The molecule has 0 bridgehead atoms. The average molecular weight is 275 g/mol. The standard InChI is InChI=1S/C14H17N3O3/c1-9(18)15-5-6-16-14(19)8-11-3-4-12-13(7-11)20-10(2)17-12/h3-4,7H,5-6,8H2,1-2H3,(H,15,18)(H,16,19). The highest BCUT2D eigenvalue weighted by Crippen LogP contribution is 2.17. The number of rotatable bonds is 5. The van der Waals surface area contributed by atoms with E-state index in [-0.39, 0.29) is 18.2 Å². The van der Waals surface area contributed by atoms with E-state index >= 15 is 0 Å². The van der Waals surface area contributed by atoms with Gasteiger partial charge in [-0.1, -0.05) is 6.07 Å². The van der Waals surface area contributed by atoms with Gasteiger partial charge in [0.2, 0.25) is 11.8 Å². The van der Waals surface area contributed by atoms with E-state index in [0.717, 1.165) is 11.1 Å². The highest BCUT2D eigenvalue weighted by Gasteiger charge is 2.07. The molecular weight excluding hydrogens is 258 g/mol. The molecule has 0 aliphatic heterocycles. The normalized spacial score (nSPS) is 10.5. The maximum Gasteiger partial charge on any atom is 0.224 e. The van der Waals surface area contributed by atoms with E-state index in [1.807, 2.05) is 18.2 Å². The molecule has 6 heteroatoms. The van der Waals surface area contributed by atoms with E-state index in [4.69, 9.17) is 4.42 Å². The van der Waals surface area contributed by atoms with Gasteiger partial charge in [0.15, 0.2) is 11.5 Å². The molecule has 0 atom stereocenters. The second-order valence-electron chi connectivity index (χ2n) is 4.54. The number of hydrogen-bond acceptors (Lipinski definition) is 4. The molecule has 0 radical (unpaired) electrons. The summed E-state index contributed by atoms with van der Waals surface area (Å²) in [6, 6.07) is 5.52. The lowest BCUT2D eigenvalue weighted by molar-refractivity contribution is -0.121. The van der Waals surface area contributed by atoms with Gasteiger partial charge in [0.25, 0.3) is 0 Å². The molecule has 0 fully saturated rings. The molecule has 0 unspecified atom stereocenters. The summed E-state index contributed by atoms with van der Waals surface area (Å²) in [5, 5.41) is 5.35. The minimum absolute atomic E-state index is 0.0917. The van der Waals surface area contributed by atoms with Crippen LogP contribution in [0.15, 0.2) is 22.6 Å². The Morgan fingerprint density at radius 1 is 1.25 bits per heavy atom. The van der Waals surface area contributed by atoms with Crippen LogP contribution in [0.3, 0.4) is 0 Å². The number of aryl methyl sites for hydroxylation is 1. The van der Waals surface area contributed by atoms with Crippen LogP contribution in [0.4, 0.5) is 0 Å². The first-order valence-electron chi connectivity index (χ1n) is 6.42. The summed E-state index contributed by atoms with van der Waals surface area (Å²) in [6.45, 7) is 4.08. The second-order valence-corrected chi connectivity index (χ2v) is 4.54. The molecule has 2 N–H and O–H groups in total. The van der Waals surface area contributed by atoms with E-state index in [1.165, 1.54) is 6.92 Å². The van der Waals surface area contributed by atoms with Gasteiger partial charge in [-0.15, -0.1) is 0 Å². The minimum atomic E-state index is -0.106. The molecule has 1 aromatic heterocycles. The molecule has 0 saturated heterocycles. The average Bonchev–Trinajstić information content (AvgIpc) is 2.74. The van der Waals surface area contributed by atoms with Gasteiger partial charge in [-0.25, -0.2) is 4.98 Å². The Bertz CT molecular complexity index is 634. The number of amides is 2. The molecule has 0 spiro atoms. The molecule has 2 rings (SSSR count). The predicted octanol–water partition coefficient (Wildman–Crippen LogP) is 0.931. The SMILES string of the molecule is CC(=O)NCCNC(=O)Cc1ccc2nc(C)oc2c1. The van der Waals surface area contributed by atoms with Crippen molar-refractivity contribution in [2.24, 2.45) is 0 Å². The molecular formula is C14H17N3O3. The van der Waals surface area contributed by atoms with Crippen molar-refractivity contribution < 1.29 is 14.0 Å². The molecule has 106 valence electrons. The number of carbonyl (C=O) groups excluding carboxylic acids is 2. The van der Waals surface area contributed by atoms with E-state index in [0.29, 0.717) is 24.6 Å². The van der Waals surface area contributed by atoms with Crippen molar-refractivity contribution >= 4 is 22.9 Å². The van der Waals surface area contributed by atoms with Gasteiger partial charge in [-0.3, -0.25) is 9.59 Å². The van der Waals surface area contributed by atoms with Crippen molar-refractivity contribution in [1.29, 1.82) is 0 Å². The molecule has 1 heterocycles. The summed E-state index contributed by atoms with van der Waals surface area (Å²) in [4.78, 5) is 26.6. The smallest absolute Gasteiger partial charge is 0.224 e. The molecule has 0 aliphatic rings. The fourth-order valence-electron chi connectivity index (χ4n) is 1.88. The lowest BCUT2D eigenvalue weighted by Gasteiger charge is -2.05. The van der Waals surface area contributed by atoms with Crippen LogP contribution >= 0.6 is 0 Å². The van der Waals surface area contributed by atoms with Crippen molar-refractivity contribution in [2.75, 3.05) is 13.1 Å². The number of fused-ring (bicyclic) bond motifs is 1. The number of nitrogens with one attached hydrogen (secondary N) is 2. The Labute approximate surface area is 116 Å². The molecule has 2 amide bonds. The van der Waals surface area contributed by atoms with Gasteiger partial charge in [0.1, 0.15) is 5.52 Å². The van der Waals surface area contributed by atoms with Gasteiger partial charge in [-0.05, 0) is 17.7 Å². The Kier molecular flexibility index (Phi) is 4.34. The first-order valence-corrected chi connectivity index (χ1v) is 6.42. The van der Waals surface area contributed by atoms with Gasteiger partial charge in [-0.2, -0.15) is 0 Å². The van der Waals surface area contributed by atoms with Crippen LogP contribution in [0, 0.1) is 6.92 Å². The number of hydrogen-bond donors (Lipinski definition) is 2. The van der Waals surface area contributed by atoms with E-state index < -0.39 is 0 Å². The van der Waals surface area contributed by atoms with Crippen LogP contribution in [0.25, 0.3) is 11.1 Å². The first kappa shape index (κ1) is 14.0. The summed E-state index contributed by atoms with van der Waals surface area (Å²) in [6.07, 6.45) is 0.274. The number of nitrogens with zero attached hydrogens (tertiary/aromatic N) is 1. The maximum absolute atomic E-state index is 11.7. The van der Waals surface area contributed by atoms with E-state index in [1.54, 1.807) is 6.92 Å². The Morgan fingerprint density at radius 2 is 2.00 bits per heavy atom. The van der Waals surface area contributed by atoms with Crippen molar-refractivity contribution in [2.45, 2.75) is 20.3 Å². The van der Waals surface area contributed by atoms with E-state index in [9.17, 15) is 9.59 Å². The van der Waals surface area contributed by atoms with E-state index in [2.05, 4.69) is 15.6 Å². The topological polar surface area (TPSA) is 84.2 Å². The number of carbonyl (C=O) groups is 2. The second kappa shape index (κ2) is 6.18. The van der Waals surface area contributed by atoms with Crippen LogP contribution in [0.1, 0.15) is 18.4 Å². The van der Waals surface area contributed by atoms with Gasteiger partial charge in [0, 0.05) is 26.9 Å². The third-order valence-electron chi connectivity index (χ3n) is 2.75. The monoisotopic (exact) mass is 275 g/mol. The summed E-state index contributed by atoms with van der Waals surface area (Å²) in [7, 11) is 0. The molecule has 6 nitrogen and oxygen atoms in total. The summed E-state index contributed by atoms with van der Waals surface area (Å²) in [5.74, 6) is 0.410. The lowest BCUT2D eigenvalue weighted by Crippen LogP contribution is -2.34. The van der Waals surface area contributed by atoms with Gasteiger partial charge < -0.3 is 15.1 Å². The van der Waals surface area contributed by atoms with Crippen molar-refractivity contribution in [3.63, 3.8) is 0 Å². The van der Waals surface area contributed by atoms with Crippen molar-refractivity contribution in [3.05, 3.63) is 29.7 Å². The van der Waals surface area contributed by atoms with Crippen molar-refractivity contribution in [3.8, 4) is 0 Å². The van der Waals surface area contributed by atoms with Gasteiger partial charge in [0.05, 0.1) is 6.42 Å². The van der Waals surface area contributed by atoms with Crippen LogP contribution in [-0.4, -0.2) is 29.9 Å². The van der Waals surface area contributed by atoms with Crippen LogP contribution in [0.5, 0.6) is 0 Å². The fourth-order valence-corrected chi connectivity index (χ4v) is 1.88. The zero-order valence-electron chi connectivity index (χ0n) is 11.5. The Hall–Kier alpha value is -2.37. The molecule has 20 heavy (non-hydrogen) atoms. The van der Waals surface area contributed by atoms with Crippen LogP contribution in [0.2, 0.25) is 0 Å². The molecule has 1 aromatic carbocycles. The third-order valence-corrected chi connectivity index (χ3v) is 2.75. The Morgan fingerprint density at radius 3 is 2.75 bits per heavy atom. The minimum Gasteiger partial charge on any atom is -0.441 e. The highest BCUT2D eigenvalue weighted by atomic mass is 16.3. The molecule has 2 aromatic rings. The Balaban J connectivity index is 1.87. The maximum atomic E-state index is 11.7. The van der Waals surface area contributed by atoms with Crippen LogP contribution in [-0.2, 0) is 16.0 Å². The quantitative estimate of drug-likeness (QED) is 0.795. The fraction of sp³-hybridized carbons (Fsp3) is 0.357. The predicted molar refractivity (Wildman–Crippen MR) is 74.1 cm³/mol. The van der Waals surface area contributed by atoms with Crippen molar-refractivity contribution in [1.82, 2.24) is 15.6 Å². The number of oxazole rings is 1.